The SMILES string of the molecule is COc1ccc(Cn2c(C)ccc2C)c(OC)c1. The van der Waals surface area contributed by atoms with Crippen LogP contribution in [0.2, 0.25) is 0 Å². The zero-order chi connectivity index (χ0) is 13.1. The average molecular weight is 245 g/mol. The number of benzene rings is 1. The molecule has 1 heterocycles. The van der Waals surface area contributed by atoms with E-state index in [0.717, 1.165) is 23.6 Å². The molecule has 1 aromatic carbocycles. The van der Waals surface area contributed by atoms with Crippen molar-refractivity contribution in [3.05, 3.63) is 47.3 Å². The lowest BCUT2D eigenvalue weighted by molar-refractivity contribution is 0.390. The predicted molar refractivity (Wildman–Crippen MR) is 72.6 cm³/mol. The van der Waals surface area contributed by atoms with Crippen LogP contribution in [0, 0.1) is 13.8 Å². The molecule has 0 N–H and O–H groups in total. The van der Waals surface area contributed by atoms with Gasteiger partial charge in [0.05, 0.1) is 20.8 Å². The lowest BCUT2D eigenvalue weighted by Crippen LogP contribution is -2.05. The molecule has 0 aliphatic heterocycles. The molecule has 0 aliphatic rings. The molecule has 0 aliphatic carbocycles. The van der Waals surface area contributed by atoms with E-state index in [-0.39, 0.29) is 0 Å². The van der Waals surface area contributed by atoms with Gasteiger partial charge in [-0.05, 0) is 38.1 Å². The molecule has 3 heteroatoms. The van der Waals surface area contributed by atoms with Crippen molar-refractivity contribution < 1.29 is 9.47 Å². The van der Waals surface area contributed by atoms with Crippen LogP contribution >= 0.6 is 0 Å². The zero-order valence-corrected chi connectivity index (χ0v) is 11.4. The van der Waals surface area contributed by atoms with Crippen LogP contribution < -0.4 is 9.47 Å². The van der Waals surface area contributed by atoms with Crippen LogP contribution in [-0.4, -0.2) is 18.8 Å². The van der Waals surface area contributed by atoms with Crippen LogP contribution in [0.4, 0.5) is 0 Å². The lowest BCUT2D eigenvalue weighted by atomic mass is 10.2. The van der Waals surface area contributed by atoms with Crippen molar-refractivity contribution in [3.63, 3.8) is 0 Å². The Bertz CT molecular complexity index is 524. The van der Waals surface area contributed by atoms with Crippen LogP contribution in [0.5, 0.6) is 11.5 Å². The maximum absolute atomic E-state index is 5.42. The topological polar surface area (TPSA) is 23.4 Å². The molecular formula is C15H19NO2. The van der Waals surface area contributed by atoms with Gasteiger partial charge in [-0.1, -0.05) is 0 Å². The van der Waals surface area contributed by atoms with Gasteiger partial charge in [0.2, 0.25) is 0 Å². The first-order valence-electron chi connectivity index (χ1n) is 5.99. The van der Waals surface area contributed by atoms with Gasteiger partial charge in [-0.25, -0.2) is 0 Å². The normalized spacial score (nSPS) is 10.4. The van der Waals surface area contributed by atoms with Crippen LogP contribution in [0.1, 0.15) is 17.0 Å². The minimum Gasteiger partial charge on any atom is -0.497 e. The monoisotopic (exact) mass is 245 g/mol. The third-order valence-corrected chi connectivity index (χ3v) is 3.24. The summed E-state index contributed by atoms with van der Waals surface area (Å²) in [6.45, 7) is 5.05. The first kappa shape index (κ1) is 12.6. The average Bonchev–Trinajstić information content (AvgIpc) is 2.71. The molecule has 0 spiro atoms. The van der Waals surface area contributed by atoms with Gasteiger partial charge in [0.15, 0.2) is 0 Å². The van der Waals surface area contributed by atoms with Crippen LogP contribution in [0.3, 0.4) is 0 Å². The second-order valence-electron chi connectivity index (χ2n) is 4.38. The van der Waals surface area contributed by atoms with Crippen molar-refractivity contribution in [2.75, 3.05) is 14.2 Å². The van der Waals surface area contributed by atoms with Crippen molar-refractivity contribution in [1.82, 2.24) is 4.57 Å². The number of aromatic nitrogens is 1. The van der Waals surface area contributed by atoms with Gasteiger partial charge in [-0.15, -0.1) is 0 Å². The standard InChI is InChI=1S/C15H19NO2/c1-11-5-6-12(2)16(11)10-13-7-8-14(17-3)9-15(13)18-4/h5-9H,10H2,1-4H3. The molecular weight excluding hydrogens is 226 g/mol. The number of nitrogens with zero attached hydrogens (tertiary/aromatic N) is 1. The molecule has 0 bridgehead atoms. The van der Waals surface area contributed by atoms with E-state index in [1.54, 1.807) is 14.2 Å². The summed E-state index contributed by atoms with van der Waals surface area (Å²) in [7, 11) is 3.35. The quantitative estimate of drug-likeness (QED) is 0.826. The summed E-state index contributed by atoms with van der Waals surface area (Å²) in [5, 5.41) is 0. The molecule has 0 fully saturated rings. The van der Waals surface area contributed by atoms with Gasteiger partial charge in [-0.2, -0.15) is 0 Å². The minimum absolute atomic E-state index is 0.816. The summed E-state index contributed by atoms with van der Waals surface area (Å²) in [5.74, 6) is 1.68. The highest BCUT2D eigenvalue weighted by atomic mass is 16.5. The summed E-state index contributed by atoms with van der Waals surface area (Å²) in [5.41, 5.74) is 3.66. The number of rotatable bonds is 4. The number of aryl methyl sites for hydroxylation is 2. The Morgan fingerprint density at radius 1 is 0.944 bits per heavy atom. The van der Waals surface area contributed by atoms with Gasteiger partial charge in [0.1, 0.15) is 11.5 Å². The predicted octanol–water partition coefficient (Wildman–Crippen LogP) is 3.17. The third-order valence-electron chi connectivity index (χ3n) is 3.24. The van der Waals surface area contributed by atoms with Crippen LogP contribution in [-0.2, 0) is 6.54 Å². The highest BCUT2D eigenvalue weighted by Gasteiger charge is 2.08. The Balaban J connectivity index is 2.34. The van der Waals surface area contributed by atoms with Crippen LogP contribution in [0.15, 0.2) is 30.3 Å². The summed E-state index contributed by atoms with van der Waals surface area (Å²) >= 11 is 0. The fourth-order valence-electron chi connectivity index (χ4n) is 2.10. The van der Waals surface area contributed by atoms with E-state index in [9.17, 15) is 0 Å². The Kier molecular flexibility index (Phi) is 3.60. The molecule has 3 nitrogen and oxygen atoms in total. The summed E-state index contributed by atoms with van der Waals surface area (Å²) in [6, 6.07) is 10.2. The smallest absolute Gasteiger partial charge is 0.127 e. The molecule has 0 saturated carbocycles. The van der Waals surface area contributed by atoms with E-state index in [4.69, 9.17) is 9.47 Å². The molecule has 0 atom stereocenters. The second-order valence-corrected chi connectivity index (χ2v) is 4.38. The maximum Gasteiger partial charge on any atom is 0.127 e. The van der Waals surface area contributed by atoms with Gasteiger partial charge in [0.25, 0.3) is 0 Å². The molecule has 0 radical (unpaired) electrons. The number of methoxy groups -OCH3 is 2. The number of hydrogen-bond acceptors (Lipinski definition) is 2. The van der Waals surface area contributed by atoms with E-state index in [1.165, 1.54) is 11.4 Å². The minimum atomic E-state index is 0.816. The van der Waals surface area contributed by atoms with Crippen molar-refractivity contribution >= 4 is 0 Å². The summed E-state index contributed by atoms with van der Waals surface area (Å²) < 4.78 is 12.9. The van der Waals surface area contributed by atoms with Gasteiger partial charge in [0, 0.05) is 23.0 Å². The fourth-order valence-corrected chi connectivity index (χ4v) is 2.10. The van der Waals surface area contributed by atoms with Gasteiger partial charge < -0.3 is 14.0 Å². The summed E-state index contributed by atoms with van der Waals surface area (Å²) in [6.07, 6.45) is 0. The van der Waals surface area contributed by atoms with E-state index >= 15 is 0 Å². The maximum atomic E-state index is 5.42. The second kappa shape index (κ2) is 5.17. The number of hydrogen-bond donors (Lipinski definition) is 0. The molecule has 2 aromatic rings. The molecule has 18 heavy (non-hydrogen) atoms. The Labute approximate surface area is 108 Å². The largest absolute Gasteiger partial charge is 0.497 e. The van der Waals surface area contributed by atoms with Crippen molar-refractivity contribution in [1.29, 1.82) is 0 Å². The van der Waals surface area contributed by atoms with Crippen molar-refractivity contribution in [3.8, 4) is 11.5 Å². The molecule has 2 rings (SSSR count). The zero-order valence-electron chi connectivity index (χ0n) is 11.4. The highest BCUT2D eigenvalue weighted by Crippen LogP contribution is 2.26. The molecule has 0 unspecified atom stereocenters. The Morgan fingerprint density at radius 3 is 2.17 bits per heavy atom. The lowest BCUT2D eigenvalue weighted by Gasteiger charge is -2.13. The Hall–Kier alpha value is -1.90. The molecule has 0 amide bonds. The van der Waals surface area contributed by atoms with Gasteiger partial charge in [-0.3, -0.25) is 0 Å². The van der Waals surface area contributed by atoms with Crippen molar-refractivity contribution in [2.45, 2.75) is 20.4 Å². The van der Waals surface area contributed by atoms with Crippen LogP contribution in [0.25, 0.3) is 0 Å². The Morgan fingerprint density at radius 2 is 1.61 bits per heavy atom. The van der Waals surface area contributed by atoms with E-state index in [0.29, 0.717) is 0 Å². The first-order chi connectivity index (χ1) is 8.65. The fraction of sp³-hybridized carbons (Fsp3) is 0.333. The first-order valence-corrected chi connectivity index (χ1v) is 5.99. The van der Waals surface area contributed by atoms with E-state index in [2.05, 4.69) is 36.6 Å². The third kappa shape index (κ3) is 2.35. The van der Waals surface area contributed by atoms with E-state index < -0.39 is 0 Å². The summed E-state index contributed by atoms with van der Waals surface area (Å²) in [4.78, 5) is 0. The van der Waals surface area contributed by atoms with Gasteiger partial charge >= 0.3 is 0 Å². The molecule has 0 saturated heterocycles. The number of ether oxygens (including phenoxy) is 2. The van der Waals surface area contributed by atoms with Crippen molar-refractivity contribution in [2.24, 2.45) is 0 Å². The molecule has 1 aromatic heterocycles. The van der Waals surface area contributed by atoms with E-state index in [1.807, 2.05) is 12.1 Å². The molecule has 96 valence electrons. The highest BCUT2D eigenvalue weighted by molar-refractivity contribution is 5.41.